The van der Waals surface area contributed by atoms with Crippen LogP contribution in [-0.2, 0) is 9.59 Å². The number of aliphatic hydroxyl groups excluding tert-OH is 1. The van der Waals surface area contributed by atoms with Crippen molar-refractivity contribution in [2.45, 2.75) is 18.6 Å². The molecule has 2 atom stereocenters. The molecular weight excluding hydrogens is 246 g/mol. The van der Waals surface area contributed by atoms with E-state index in [0.29, 0.717) is 0 Å². The van der Waals surface area contributed by atoms with Crippen LogP contribution in [0.25, 0.3) is 6.08 Å². The minimum Gasteiger partial charge on any atom is -0.480 e. The highest BCUT2D eigenvalue weighted by atomic mass is 16.4. The Morgan fingerprint density at radius 3 is 2.58 bits per heavy atom. The number of nitrogens with zero attached hydrogens (tertiary/aromatic N) is 1. The number of hydrogen-bond donors (Lipinski definition) is 2. The lowest BCUT2D eigenvalue weighted by atomic mass is 10.2. The van der Waals surface area contributed by atoms with Crippen LogP contribution in [0, 0.1) is 0 Å². The number of carboxylic acid groups (broad SMARTS) is 1. The van der Waals surface area contributed by atoms with Gasteiger partial charge in [0.15, 0.2) is 0 Å². The minimum atomic E-state index is -1.09. The largest absolute Gasteiger partial charge is 0.480 e. The number of carboxylic acids is 1. The number of amides is 1. The quantitative estimate of drug-likeness (QED) is 0.787. The second kappa shape index (κ2) is 5.67. The molecule has 100 valence electrons. The maximum atomic E-state index is 11.9. The van der Waals surface area contributed by atoms with Gasteiger partial charge in [0, 0.05) is 19.0 Å². The summed E-state index contributed by atoms with van der Waals surface area (Å²) in [6.45, 7) is 0.0644. The van der Waals surface area contributed by atoms with Crippen molar-refractivity contribution in [3.8, 4) is 0 Å². The summed E-state index contributed by atoms with van der Waals surface area (Å²) >= 11 is 0. The minimum absolute atomic E-state index is 0.0644. The molecule has 1 aromatic rings. The monoisotopic (exact) mass is 261 g/mol. The molecule has 2 N–H and O–H groups in total. The molecule has 1 aromatic carbocycles. The second-order valence-electron chi connectivity index (χ2n) is 4.48. The van der Waals surface area contributed by atoms with Gasteiger partial charge in [-0.25, -0.2) is 4.79 Å². The van der Waals surface area contributed by atoms with Crippen molar-refractivity contribution in [1.82, 2.24) is 4.90 Å². The predicted octanol–water partition coefficient (Wildman–Crippen LogP) is 0.746. The molecule has 1 aliphatic heterocycles. The van der Waals surface area contributed by atoms with Crippen molar-refractivity contribution >= 4 is 18.0 Å². The van der Waals surface area contributed by atoms with Crippen molar-refractivity contribution in [2.24, 2.45) is 0 Å². The summed E-state index contributed by atoms with van der Waals surface area (Å²) in [7, 11) is 0. The molecule has 5 nitrogen and oxygen atoms in total. The first-order valence-electron chi connectivity index (χ1n) is 6.02. The molecule has 1 saturated heterocycles. The summed E-state index contributed by atoms with van der Waals surface area (Å²) < 4.78 is 0. The van der Waals surface area contributed by atoms with Gasteiger partial charge < -0.3 is 15.1 Å². The molecule has 0 bridgehead atoms. The van der Waals surface area contributed by atoms with Crippen LogP contribution in [0.3, 0.4) is 0 Å². The van der Waals surface area contributed by atoms with E-state index in [1.165, 1.54) is 11.0 Å². The average molecular weight is 261 g/mol. The SMILES string of the molecule is O=C(O)[C@H]1C[C@@H](O)CN1C(=O)C=Cc1ccccc1. The molecule has 0 radical (unpaired) electrons. The molecule has 0 unspecified atom stereocenters. The lowest BCUT2D eigenvalue weighted by Gasteiger charge is -2.19. The third kappa shape index (κ3) is 3.20. The fourth-order valence-electron chi connectivity index (χ4n) is 2.12. The summed E-state index contributed by atoms with van der Waals surface area (Å²) in [5.74, 6) is -1.48. The number of benzene rings is 1. The van der Waals surface area contributed by atoms with Gasteiger partial charge in [-0.15, -0.1) is 0 Å². The number of carbonyl (C=O) groups excluding carboxylic acids is 1. The van der Waals surface area contributed by atoms with E-state index in [4.69, 9.17) is 5.11 Å². The normalized spacial score (nSPS) is 22.9. The van der Waals surface area contributed by atoms with E-state index in [2.05, 4.69) is 0 Å². The second-order valence-corrected chi connectivity index (χ2v) is 4.48. The third-order valence-electron chi connectivity index (χ3n) is 3.07. The lowest BCUT2D eigenvalue weighted by molar-refractivity contribution is -0.146. The van der Waals surface area contributed by atoms with E-state index in [0.717, 1.165) is 5.56 Å². The molecule has 19 heavy (non-hydrogen) atoms. The molecule has 0 aromatic heterocycles. The summed E-state index contributed by atoms with van der Waals surface area (Å²) in [5, 5.41) is 18.5. The van der Waals surface area contributed by atoms with Gasteiger partial charge in [-0.2, -0.15) is 0 Å². The van der Waals surface area contributed by atoms with Crippen molar-refractivity contribution in [3.63, 3.8) is 0 Å². The van der Waals surface area contributed by atoms with Crippen LogP contribution >= 0.6 is 0 Å². The van der Waals surface area contributed by atoms with Gasteiger partial charge in [-0.3, -0.25) is 4.79 Å². The Hall–Kier alpha value is -2.14. The molecule has 0 spiro atoms. The Morgan fingerprint density at radius 2 is 1.95 bits per heavy atom. The molecule has 0 saturated carbocycles. The van der Waals surface area contributed by atoms with Gasteiger partial charge in [0.2, 0.25) is 5.91 Å². The van der Waals surface area contributed by atoms with E-state index in [1.54, 1.807) is 6.08 Å². The fraction of sp³-hybridized carbons (Fsp3) is 0.286. The zero-order valence-electron chi connectivity index (χ0n) is 10.3. The van der Waals surface area contributed by atoms with E-state index >= 15 is 0 Å². The van der Waals surface area contributed by atoms with Gasteiger partial charge >= 0.3 is 5.97 Å². The van der Waals surface area contributed by atoms with Crippen LogP contribution in [0.1, 0.15) is 12.0 Å². The van der Waals surface area contributed by atoms with Crippen molar-refractivity contribution < 1.29 is 19.8 Å². The maximum Gasteiger partial charge on any atom is 0.326 e. The summed E-state index contributed by atoms with van der Waals surface area (Å²) in [6, 6.07) is 8.32. The highest BCUT2D eigenvalue weighted by Gasteiger charge is 2.37. The Kier molecular flexibility index (Phi) is 3.97. The molecule has 1 heterocycles. The summed E-state index contributed by atoms with van der Waals surface area (Å²) in [4.78, 5) is 24.1. The first-order chi connectivity index (χ1) is 9.08. The first kappa shape index (κ1) is 13.3. The van der Waals surface area contributed by atoms with Crippen molar-refractivity contribution in [1.29, 1.82) is 0 Å². The van der Waals surface area contributed by atoms with Crippen LogP contribution in [0.15, 0.2) is 36.4 Å². The molecule has 0 aliphatic carbocycles. The number of hydrogen-bond acceptors (Lipinski definition) is 3. The van der Waals surface area contributed by atoms with Crippen LogP contribution < -0.4 is 0 Å². The Bertz CT molecular complexity index is 497. The molecular formula is C14H15NO4. The zero-order chi connectivity index (χ0) is 13.8. The van der Waals surface area contributed by atoms with E-state index in [-0.39, 0.29) is 13.0 Å². The number of carbonyl (C=O) groups is 2. The number of likely N-dealkylation sites (tertiary alicyclic amines) is 1. The van der Waals surface area contributed by atoms with Crippen LogP contribution in [-0.4, -0.2) is 45.7 Å². The number of aliphatic carboxylic acids is 1. The van der Waals surface area contributed by atoms with Crippen molar-refractivity contribution in [3.05, 3.63) is 42.0 Å². The number of aliphatic hydroxyl groups is 1. The molecule has 1 amide bonds. The van der Waals surface area contributed by atoms with E-state index < -0.39 is 24.0 Å². The Balaban J connectivity index is 2.07. The predicted molar refractivity (Wildman–Crippen MR) is 69.2 cm³/mol. The van der Waals surface area contributed by atoms with Gasteiger partial charge in [0.25, 0.3) is 0 Å². The average Bonchev–Trinajstić information content (AvgIpc) is 2.79. The van der Waals surface area contributed by atoms with Gasteiger partial charge in [-0.1, -0.05) is 30.3 Å². The smallest absolute Gasteiger partial charge is 0.326 e. The molecule has 1 aliphatic rings. The van der Waals surface area contributed by atoms with E-state index in [1.807, 2.05) is 30.3 Å². The fourth-order valence-corrected chi connectivity index (χ4v) is 2.12. The van der Waals surface area contributed by atoms with Crippen LogP contribution in [0.4, 0.5) is 0 Å². The van der Waals surface area contributed by atoms with E-state index in [9.17, 15) is 14.7 Å². The van der Waals surface area contributed by atoms with Crippen LogP contribution in [0.5, 0.6) is 0 Å². The molecule has 5 heteroatoms. The molecule has 2 rings (SSSR count). The van der Waals surface area contributed by atoms with Crippen LogP contribution in [0.2, 0.25) is 0 Å². The topological polar surface area (TPSA) is 77.8 Å². The number of rotatable bonds is 3. The van der Waals surface area contributed by atoms with Gasteiger partial charge in [0.05, 0.1) is 6.10 Å². The van der Waals surface area contributed by atoms with Gasteiger partial charge in [0.1, 0.15) is 6.04 Å². The number of β-amino-alcohol motifs (C(OH)–C–C–N with tert-alkyl or cyclic N) is 1. The highest BCUT2D eigenvalue weighted by Crippen LogP contribution is 2.18. The Labute approximate surface area is 110 Å². The standard InChI is InChI=1S/C14H15NO4/c16-11-8-12(14(18)19)15(9-11)13(17)7-6-10-4-2-1-3-5-10/h1-7,11-12,16H,8-9H2,(H,18,19)/t11-,12-/m1/s1. The first-order valence-corrected chi connectivity index (χ1v) is 6.02. The summed E-state index contributed by atoms with van der Waals surface area (Å²) in [5.41, 5.74) is 0.863. The van der Waals surface area contributed by atoms with Gasteiger partial charge in [-0.05, 0) is 11.6 Å². The summed E-state index contributed by atoms with van der Waals surface area (Å²) in [6.07, 6.45) is 2.28. The molecule has 1 fully saturated rings. The zero-order valence-corrected chi connectivity index (χ0v) is 10.3. The maximum absolute atomic E-state index is 11.9. The lowest BCUT2D eigenvalue weighted by Crippen LogP contribution is -2.39. The third-order valence-corrected chi connectivity index (χ3v) is 3.07. The van der Waals surface area contributed by atoms with Crippen molar-refractivity contribution in [2.75, 3.05) is 6.54 Å². The Morgan fingerprint density at radius 1 is 1.26 bits per heavy atom. The highest BCUT2D eigenvalue weighted by molar-refractivity contribution is 5.94.